The molecular formula is C15H24N6O2. The SMILES string of the molecule is CC(CNc1c(C#N)c(=O)n(C)c(=O)n1C)N1CCN(C)CC1. The first-order valence-electron chi connectivity index (χ1n) is 7.73. The zero-order valence-electron chi connectivity index (χ0n) is 14.2. The molecule has 0 radical (unpaired) electrons. The maximum atomic E-state index is 12.0. The summed E-state index contributed by atoms with van der Waals surface area (Å²) in [5, 5.41) is 12.4. The van der Waals surface area contributed by atoms with Crippen molar-refractivity contribution in [3.63, 3.8) is 0 Å². The molecule has 8 heteroatoms. The molecule has 0 saturated carbocycles. The number of nitrogens with zero attached hydrogens (tertiary/aromatic N) is 5. The van der Waals surface area contributed by atoms with E-state index in [1.165, 1.54) is 11.6 Å². The molecule has 2 heterocycles. The highest BCUT2D eigenvalue weighted by Gasteiger charge is 2.20. The van der Waals surface area contributed by atoms with Crippen molar-refractivity contribution >= 4 is 5.82 Å². The van der Waals surface area contributed by atoms with Crippen molar-refractivity contribution in [1.82, 2.24) is 18.9 Å². The normalized spacial score (nSPS) is 17.7. The minimum atomic E-state index is -0.564. The average Bonchev–Trinajstić information content (AvgIpc) is 2.55. The second kappa shape index (κ2) is 6.98. The number of hydrogen-bond donors (Lipinski definition) is 1. The van der Waals surface area contributed by atoms with Gasteiger partial charge in [-0.15, -0.1) is 0 Å². The number of anilines is 1. The summed E-state index contributed by atoms with van der Waals surface area (Å²) in [4.78, 5) is 28.7. The summed E-state index contributed by atoms with van der Waals surface area (Å²) in [7, 11) is 5.04. The van der Waals surface area contributed by atoms with Crippen molar-refractivity contribution in [2.75, 3.05) is 45.1 Å². The van der Waals surface area contributed by atoms with E-state index >= 15 is 0 Å². The Balaban J connectivity index is 2.16. The highest BCUT2D eigenvalue weighted by atomic mass is 16.2. The van der Waals surface area contributed by atoms with Crippen LogP contribution in [0.25, 0.3) is 0 Å². The van der Waals surface area contributed by atoms with Crippen molar-refractivity contribution in [3.05, 3.63) is 26.4 Å². The molecule has 0 amide bonds. The quantitative estimate of drug-likeness (QED) is 0.766. The van der Waals surface area contributed by atoms with Crippen LogP contribution in [0.5, 0.6) is 0 Å². The van der Waals surface area contributed by atoms with Gasteiger partial charge < -0.3 is 10.2 Å². The van der Waals surface area contributed by atoms with E-state index in [2.05, 4.69) is 29.1 Å². The summed E-state index contributed by atoms with van der Waals surface area (Å²) >= 11 is 0. The number of nitriles is 1. The zero-order chi connectivity index (χ0) is 17.1. The topological polar surface area (TPSA) is 86.3 Å². The maximum Gasteiger partial charge on any atom is 0.332 e. The molecule has 1 atom stereocenters. The molecule has 1 fully saturated rings. The number of rotatable bonds is 4. The number of piperazine rings is 1. The van der Waals surface area contributed by atoms with Gasteiger partial charge in [-0.2, -0.15) is 5.26 Å². The van der Waals surface area contributed by atoms with Gasteiger partial charge in [0.2, 0.25) is 0 Å². The van der Waals surface area contributed by atoms with Crippen molar-refractivity contribution < 1.29 is 0 Å². The zero-order valence-corrected chi connectivity index (χ0v) is 14.2. The predicted molar refractivity (Wildman–Crippen MR) is 88.7 cm³/mol. The maximum absolute atomic E-state index is 12.0. The lowest BCUT2D eigenvalue weighted by Crippen LogP contribution is -2.50. The number of likely N-dealkylation sites (N-methyl/N-ethyl adjacent to an activating group) is 1. The second-order valence-corrected chi connectivity index (χ2v) is 6.11. The van der Waals surface area contributed by atoms with Gasteiger partial charge in [-0.05, 0) is 14.0 Å². The number of hydrogen-bond acceptors (Lipinski definition) is 6. The van der Waals surface area contributed by atoms with Crippen molar-refractivity contribution in [2.24, 2.45) is 14.1 Å². The minimum Gasteiger partial charge on any atom is -0.369 e. The van der Waals surface area contributed by atoms with Crippen LogP contribution in [0.3, 0.4) is 0 Å². The highest BCUT2D eigenvalue weighted by molar-refractivity contribution is 5.51. The van der Waals surface area contributed by atoms with Gasteiger partial charge in [0.05, 0.1) is 0 Å². The van der Waals surface area contributed by atoms with Crippen molar-refractivity contribution in [1.29, 1.82) is 5.26 Å². The Hall–Kier alpha value is -2.11. The monoisotopic (exact) mass is 320 g/mol. The van der Waals surface area contributed by atoms with E-state index in [1.807, 2.05) is 6.07 Å². The summed E-state index contributed by atoms with van der Waals surface area (Å²) in [5.41, 5.74) is -1.03. The van der Waals surface area contributed by atoms with Crippen LogP contribution in [0.2, 0.25) is 0 Å². The van der Waals surface area contributed by atoms with E-state index in [4.69, 9.17) is 0 Å². The molecule has 8 nitrogen and oxygen atoms in total. The lowest BCUT2D eigenvalue weighted by molar-refractivity contribution is 0.123. The van der Waals surface area contributed by atoms with E-state index in [1.54, 1.807) is 7.05 Å². The molecule has 1 unspecified atom stereocenters. The van der Waals surface area contributed by atoms with E-state index in [0.29, 0.717) is 12.4 Å². The molecule has 1 aromatic rings. The van der Waals surface area contributed by atoms with E-state index in [-0.39, 0.29) is 11.6 Å². The van der Waals surface area contributed by atoms with Gasteiger partial charge in [0.25, 0.3) is 5.56 Å². The molecule has 126 valence electrons. The number of aromatic nitrogens is 2. The van der Waals surface area contributed by atoms with Crippen LogP contribution >= 0.6 is 0 Å². The van der Waals surface area contributed by atoms with Gasteiger partial charge >= 0.3 is 5.69 Å². The highest BCUT2D eigenvalue weighted by Crippen LogP contribution is 2.10. The summed E-state index contributed by atoms with van der Waals surface area (Å²) in [6, 6.07) is 2.15. The molecular weight excluding hydrogens is 296 g/mol. The van der Waals surface area contributed by atoms with E-state index in [0.717, 1.165) is 30.7 Å². The molecule has 1 N–H and O–H groups in total. The van der Waals surface area contributed by atoms with Crippen LogP contribution in [0, 0.1) is 11.3 Å². The summed E-state index contributed by atoms with van der Waals surface area (Å²) in [6.45, 7) is 6.69. The molecule has 2 rings (SSSR count). The molecule has 0 bridgehead atoms. The number of nitrogens with one attached hydrogen (secondary N) is 1. The van der Waals surface area contributed by atoms with Crippen LogP contribution in [0.1, 0.15) is 12.5 Å². The third-order valence-electron chi connectivity index (χ3n) is 4.50. The standard InChI is InChI=1S/C15H24N6O2/c1-11(21-7-5-18(2)6-8-21)10-17-13-12(9-16)14(22)20(4)15(23)19(13)3/h11,17H,5-8,10H2,1-4H3. The third-order valence-corrected chi connectivity index (χ3v) is 4.50. The predicted octanol–water partition coefficient (Wildman–Crippen LogP) is -0.997. The van der Waals surface area contributed by atoms with Gasteiger partial charge in [0.1, 0.15) is 11.9 Å². The Bertz CT molecular complexity index is 721. The Morgan fingerprint density at radius 1 is 1.13 bits per heavy atom. The fourth-order valence-corrected chi connectivity index (χ4v) is 2.79. The Morgan fingerprint density at radius 3 is 2.30 bits per heavy atom. The molecule has 0 spiro atoms. The van der Waals surface area contributed by atoms with Crippen LogP contribution in [-0.4, -0.2) is 64.7 Å². The van der Waals surface area contributed by atoms with Crippen molar-refractivity contribution in [3.8, 4) is 6.07 Å². The smallest absolute Gasteiger partial charge is 0.332 e. The largest absolute Gasteiger partial charge is 0.369 e. The fourth-order valence-electron chi connectivity index (χ4n) is 2.79. The van der Waals surface area contributed by atoms with Gasteiger partial charge in [-0.1, -0.05) is 0 Å². The van der Waals surface area contributed by atoms with Crippen LogP contribution in [0.4, 0.5) is 5.82 Å². The molecule has 23 heavy (non-hydrogen) atoms. The van der Waals surface area contributed by atoms with Crippen LogP contribution in [0.15, 0.2) is 9.59 Å². The van der Waals surface area contributed by atoms with E-state index < -0.39 is 11.2 Å². The summed E-state index contributed by atoms with van der Waals surface area (Å²) in [5.74, 6) is 0.293. The first kappa shape index (κ1) is 17.2. The second-order valence-electron chi connectivity index (χ2n) is 6.11. The Morgan fingerprint density at radius 2 is 1.74 bits per heavy atom. The molecule has 1 aliphatic rings. The molecule has 0 aromatic carbocycles. The Kier molecular flexibility index (Phi) is 5.23. The lowest BCUT2D eigenvalue weighted by Gasteiger charge is -2.36. The molecule has 1 saturated heterocycles. The molecule has 0 aliphatic carbocycles. The van der Waals surface area contributed by atoms with Crippen molar-refractivity contribution in [2.45, 2.75) is 13.0 Å². The van der Waals surface area contributed by atoms with Gasteiger partial charge in [0, 0.05) is 52.9 Å². The minimum absolute atomic E-state index is 0.0276. The Labute approximate surface area is 135 Å². The first-order chi connectivity index (χ1) is 10.9. The third kappa shape index (κ3) is 3.46. The average molecular weight is 320 g/mol. The fraction of sp³-hybridized carbons (Fsp3) is 0.667. The lowest BCUT2D eigenvalue weighted by atomic mass is 10.2. The van der Waals surface area contributed by atoms with Gasteiger partial charge in [0.15, 0.2) is 5.56 Å². The van der Waals surface area contributed by atoms with Crippen LogP contribution < -0.4 is 16.6 Å². The van der Waals surface area contributed by atoms with Gasteiger partial charge in [-0.25, -0.2) is 4.79 Å². The molecule has 1 aliphatic heterocycles. The molecule has 1 aromatic heterocycles. The van der Waals surface area contributed by atoms with Crippen LogP contribution in [-0.2, 0) is 14.1 Å². The summed E-state index contributed by atoms with van der Waals surface area (Å²) < 4.78 is 2.27. The van der Waals surface area contributed by atoms with Gasteiger partial charge in [-0.3, -0.25) is 18.8 Å². The first-order valence-corrected chi connectivity index (χ1v) is 7.73. The summed E-state index contributed by atoms with van der Waals surface area (Å²) in [6.07, 6.45) is 0. The van der Waals surface area contributed by atoms with E-state index in [9.17, 15) is 14.9 Å².